The summed E-state index contributed by atoms with van der Waals surface area (Å²) in [5, 5.41) is 11.5. The van der Waals surface area contributed by atoms with Crippen LogP contribution in [0.1, 0.15) is 79.6 Å². The number of hydrogen-bond acceptors (Lipinski definition) is 4. The summed E-state index contributed by atoms with van der Waals surface area (Å²) in [7, 11) is 0. The zero-order valence-corrected chi connectivity index (χ0v) is 17.6. The molecule has 5 fully saturated rings. The van der Waals surface area contributed by atoms with Gasteiger partial charge in [-0.1, -0.05) is 27.2 Å². The molecular weight excluding hydrogens is 340 g/mol. The van der Waals surface area contributed by atoms with E-state index in [1.807, 2.05) is 13.8 Å². The van der Waals surface area contributed by atoms with Crippen LogP contribution in [0.4, 0.5) is 0 Å². The number of rotatable bonds is 0. The van der Waals surface area contributed by atoms with Gasteiger partial charge >= 0.3 is 0 Å². The van der Waals surface area contributed by atoms with Crippen molar-refractivity contribution in [2.75, 3.05) is 6.61 Å². The molecule has 1 N–H and O–H groups in total. The third-order valence-electron chi connectivity index (χ3n) is 9.48. The fourth-order valence-electron chi connectivity index (χ4n) is 8.86. The highest BCUT2D eigenvalue weighted by atomic mass is 16.8. The van der Waals surface area contributed by atoms with Crippen LogP contribution < -0.4 is 0 Å². The van der Waals surface area contributed by atoms with Gasteiger partial charge in [0.05, 0.1) is 12.2 Å². The topological polar surface area (TPSA) is 55.8 Å². The highest BCUT2D eigenvalue weighted by Crippen LogP contribution is 2.73. The van der Waals surface area contributed by atoms with Gasteiger partial charge in [0.15, 0.2) is 11.6 Å². The van der Waals surface area contributed by atoms with Gasteiger partial charge in [0.25, 0.3) is 0 Å². The summed E-state index contributed by atoms with van der Waals surface area (Å²) >= 11 is 0. The van der Waals surface area contributed by atoms with Crippen molar-refractivity contribution in [3.63, 3.8) is 0 Å². The molecular formula is C23H36O4. The zero-order chi connectivity index (χ0) is 19.5. The number of carbonyl (C=O) groups excluding carboxylic acids is 1. The second kappa shape index (κ2) is 5.17. The third-order valence-corrected chi connectivity index (χ3v) is 9.48. The van der Waals surface area contributed by atoms with Crippen LogP contribution in [0.3, 0.4) is 0 Å². The second-order valence-electron chi connectivity index (χ2n) is 11.9. The Morgan fingerprint density at radius 2 is 1.81 bits per heavy atom. The molecule has 2 bridgehead atoms. The van der Waals surface area contributed by atoms with Crippen molar-refractivity contribution in [1.82, 2.24) is 0 Å². The van der Waals surface area contributed by atoms with Gasteiger partial charge in [-0.05, 0) is 75.0 Å². The maximum atomic E-state index is 13.6. The van der Waals surface area contributed by atoms with Crippen molar-refractivity contribution < 1.29 is 19.4 Å². The summed E-state index contributed by atoms with van der Waals surface area (Å²) in [4.78, 5) is 13.6. The van der Waals surface area contributed by atoms with Gasteiger partial charge in [-0.15, -0.1) is 0 Å². The Morgan fingerprint density at radius 3 is 2.48 bits per heavy atom. The fraction of sp³-hybridized carbons (Fsp3) is 0.957. The molecule has 5 aliphatic rings. The van der Waals surface area contributed by atoms with Crippen molar-refractivity contribution in [1.29, 1.82) is 0 Å². The van der Waals surface area contributed by atoms with Gasteiger partial charge < -0.3 is 14.6 Å². The first-order chi connectivity index (χ1) is 12.5. The van der Waals surface area contributed by atoms with Crippen molar-refractivity contribution >= 4 is 5.78 Å². The lowest BCUT2D eigenvalue weighted by molar-refractivity contribution is -0.199. The molecule has 0 radical (unpaired) electrons. The maximum absolute atomic E-state index is 13.6. The monoisotopic (exact) mass is 376 g/mol. The Kier molecular flexibility index (Phi) is 3.56. The molecule has 4 aliphatic carbocycles. The van der Waals surface area contributed by atoms with Crippen LogP contribution in [0.5, 0.6) is 0 Å². The van der Waals surface area contributed by atoms with Crippen LogP contribution in [0.25, 0.3) is 0 Å². The lowest BCUT2D eigenvalue weighted by atomic mass is 9.40. The number of Topliss-reactive ketones (excluding diaryl/α,β-unsaturated/α-hetero) is 1. The van der Waals surface area contributed by atoms with Crippen molar-refractivity contribution in [3.8, 4) is 0 Å². The molecule has 0 aromatic rings. The van der Waals surface area contributed by atoms with E-state index >= 15 is 0 Å². The summed E-state index contributed by atoms with van der Waals surface area (Å²) in [6.45, 7) is 11.4. The molecule has 1 heterocycles. The van der Waals surface area contributed by atoms with E-state index in [-0.39, 0.29) is 33.5 Å². The molecule has 7 atom stereocenters. The predicted octanol–water partition coefficient (Wildman–Crippen LogP) is 4.09. The standard InChI is InChI=1S/C23H36O4/c1-19(2)9-6-10-21(5)15-8-7-14-11-22(15,18(25)16(24)17(19)21)12-23(14)13-26-20(3,4)27-23/h14-15,17-18,25H,6-13H2,1-5H3/t14-,15-,17+,18+,21-,22+,23-/m0/s1. The number of aliphatic hydroxyl groups is 1. The molecule has 0 unspecified atom stereocenters. The van der Waals surface area contributed by atoms with Gasteiger partial charge in [0.2, 0.25) is 0 Å². The molecule has 2 spiro atoms. The minimum absolute atomic E-state index is 0.00351. The molecule has 4 saturated carbocycles. The molecule has 0 amide bonds. The Bertz CT molecular complexity index is 684. The summed E-state index contributed by atoms with van der Waals surface area (Å²) in [5.41, 5.74) is -0.645. The Morgan fingerprint density at radius 1 is 1.07 bits per heavy atom. The number of carbonyl (C=O) groups is 1. The van der Waals surface area contributed by atoms with E-state index in [9.17, 15) is 9.90 Å². The number of ketones is 1. The average molecular weight is 377 g/mol. The van der Waals surface area contributed by atoms with Crippen LogP contribution in [0, 0.1) is 34.0 Å². The number of fused-ring (bicyclic) bond motifs is 4. The van der Waals surface area contributed by atoms with Gasteiger partial charge in [-0.25, -0.2) is 0 Å². The van der Waals surface area contributed by atoms with E-state index in [4.69, 9.17) is 9.47 Å². The van der Waals surface area contributed by atoms with Crippen LogP contribution in [0.15, 0.2) is 0 Å². The van der Waals surface area contributed by atoms with Crippen LogP contribution in [0.2, 0.25) is 0 Å². The lowest BCUT2D eigenvalue weighted by Gasteiger charge is -2.64. The summed E-state index contributed by atoms with van der Waals surface area (Å²) in [5.74, 6) is 0.343. The largest absolute Gasteiger partial charge is 0.385 e. The van der Waals surface area contributed by atoms with Crippen LogP contribution in [-0.2, 0) is 14.3 Å². The Balaban J connectivity index is 1.59. The van der Waals surface area contributed by atoms with Crippen molar-refractivity contribution in [2.24, 2.45) is 34.0 Å². The third kappa shape index (κ3) is 2.18. The summed E-state index contributed by atoms with van der Waals surface area (Å²) in [6, 6.07) is 0. The molecule has 27 heavy (non-hydrogen) atoms. The second-order valence-corrected chi connectivity index (χ2v) is 11.9. The van der Waals surface area contributed by atoms with E-state index in [1.54, 1.807) is 0 Å². The van der Waals surface area contributed by atoms with E-state index in [0.29, 0.717) is 18.4 Å². The van der Waals surface area contributed by atoms with E-state index in [2.05, 4.69) is 20.8 Å². The number of ether oxygens (including phenoxy) is 2. The minimum atomic E-state index is -0.840. The quantitative estimate of drug-likeness (QED) is 0.692. The molecule has 0 aromatic heterocycles. The highest BCUT2D eigenvalue weighted by molar-refractivity contribution is 5.89. The smallest absolute Gasteiger partial charge is 0.165 e. The first kappa shape index (κ1) is 18.6. The van der Waals surface area contributed by atoms with Crippen LogP contribution in [-0.4, -0.2) is 35.0 Å². The SMILES string of the molecule is CC1(C)OC[C@]2(C[C@]34C[C@@H]2CC[C@H]3[C@]2(C)CCCC(C)(C)[C@H]2C(=O)[C@H]4O)O1. The number of hydrogen-bond donors (Lipinski definition) is 1. The summed E-state index contributed by atoms with van der Waals surface area (Å²) in [6.07, 6.45) is 6.51. The molecule has 1 saturated heterocycles. The molecule has 0 aromatic carbocycles. The molecule has 5 rings (SSSR count). The van der Waals surface area contributed by atoms with Crippen molar-refractivity contribution in [3.05, 3.63) is 0 Å². The van der Waals surface area contributed by atoms with E-state index < -0.39 is 11.9 Å². The fourth-order valence-corrected chi connectivity index (χ4v) is 8.86. The minimum Gasteiger partial charge on any atom is -0.385 e. The summed E-state index contributed by atoms with van der Waals surface area (Å²) < 4.78 is 12.5. The average Bonchev–Trinajstić information content (AvgIpc) is 2.98. The first-order valence-corrected chi connectivity index (χ1v) is 11.0. The molecule has 152 valence electrons. The highest BCUT2D eigenvalue weighted by Gasteiger charge is 2.74. The molecule has 4 nitrogen and oxygen atoms in total. The van der Waals surface area contributed by atoms with Gasteiger partial charge in [0.1, 0.15) is 6.10 Å². The zero-order valence-electron chi connectivity index (χ0n) is 17.6. The Hall–Kier alpha value is -0.450. The van der Waals surface area contributed by atoms with Gasteiger partial charge in [0, 0.05) is 11.3 Å². The maximum Gasteiger partial charge on any atom is 0.165 e. The Labute approximate surface area is 163 Å². The van der Waals surface area contributed by atoms with Gasteiger partial charge in [-0.2, -0.15) is 0 Å². The molecule has 4 heteroatoms. The van der Waals surface area contributed by atoms with Gasteiger partial charge in [-0.3, -0.25) is 4.79 Å². The van der Waals surface area contributed by atoms with E-state index in [1.165, 1.54) is 6.42 Å². The first-order valence-electron chi connectivity index (χ1n) is 11.0. The predicted molar refractivity (Wildman–Crippen MR) is 102 cm³/mol. The van der Waals surface area contributed by atoms with E-state index in [0.717, 1.165) is 38.5 Å². The lowest BCUT2D eigenvalue weighted by Crippen LogP contribution is -2.65. The van der Waals surface area contributed by atoms with Crippen LogP contribution >= 0.6 is 0 Å². The van der Waals surface area contributed by atoms with Crippen molar-refractivity contribution in [2.45, 2.75) is 97.1 Å². The number of aliphatic hydroxyl groups excluding tert-OH is 1. The molecule has 1 aliphatic heterocycles. The normalized spacial score (nSPS) is 55.4.